The van der Waals surface area contributed by atoms with Gasteiger partial charge in [0.15, 0.2) is 5.78 Å². The average Bonchev–Trinajstić information content (AvgIpc) is 3.07. The first kappa shape index (κ1) is 15.8. The molecule has 2 rings (SSSR count). The fraction of sp³-hybridized carbons (Fsp3) is 0.294. The number of hydrogen-bond donors (Lipinski definition) is 0. The van der Waals surface area contributed by atoms with E-state index in [1.165, 1.54) is 12.5 Å². The van der Waals surface area contributed by atoms with Crippen LogP contribution in [-0.4, -0.2) is 25.5 Å². The van der Waals surface area contributed by atoms with Crippen molar-refractivity contribution >= 4 is 11.8 Å². The molecule has 0 amide bonds. The summed E-state index contributed by atoms with van der Waals surface area (Å²) in [7, 11) is 1.57. The summed E-state index contributed by atoms with van der Waals surface area (Å²) >= 11 is 0. The minimum atomic E-state index is -0.898. The Kier molecular flexibility index (Phi) is 5.36. The molecule has 0 radical (unpaired) electrons. The number of benzene rings is 1. The Bertz CT molecular complexity index is 630. The number of furan rings is 1. The molecule has 0 N–H and O–H groups in total. The highest BCUT2D eigenvalue weighted by atomic mass is 16.5. The molecule has 0 fully saturated rings. The molecule has 1 aromatic carbocycles. The van der Waals surface area contributed by atoms with Crippen LogP contribution in [0.25, 0.3) is 0 Å². The summed E-state index contributed by atoms with van der Waals surface area (Å²) in [4.78, 5) is 24.6. The van der Waals surface area contributed by atoms with Crippen LogP contribution in [0.2, 0.25) is 0 Å². The van der Waals surface area contributed by atoms with E-state index in [0.29, 0.717) is 11.3 Å². The highest BCUT2D eigenvalue weighted by molar-refractivity contribution is 6.08. The number of hydrogen-bond acceptors (Lipinski definition) is 5. The second kappa shape index (κ2) is 7.45. The normalized spacial score (nSPS) is 11.7. The van der Waals surface area contributed by atoms with Crippen molar-refractivity contribution in [3.63, 3.8) is 0 Å². The lowest BCUT2D eigenvalue weighted by Gasteiger charge is -2.14. The number of ether oxygens (including phenoxy) is 2. The molecule has 0 aliphatic heterocycles. The van der Waals surface area contributed by atoms with Gasteiger partial charge in [0.05, 0.1) is 25.5 Å². The molecule has 5 heteroatoms. The number of Topliss-reactive ketones (excluding diaryl/α,β-unsaturated/α-hetero) is 1. The van der Waals surface area contributed by atoms with Gasteiger partial charge in [-0.2, -0.15) is 0 Å². The van der Waals surface area contributed by atoms with Gasteiger partial charge in [0.2, 0.25) is 0 Å². The molecule has 1 heterocycles. The molecule has 0 aliphatic carbocycles. The Balaban J connectivity index is 2.24. The van der Waals surface area contributed by atoms with Crippen molar-refractivity contribution in [2.24, 2.45) is 5.92 Å². The molecule has 116 valence electrons. The number of methoxy groups -OCH3 is 1. The van der Waals surface area contributed by atoms with Crippen molar-refractivity contribution in [1.29, 1.82) is 0 Å². The molecule has 1 atom stereocenters. The first-order valence-electron chi connectivity index (χ1n) is 7.01. The van der Waals surface area contributed by atoms with Crippen LogP contribution in [0.5, 0.6) is 5.75 Å². The summed E-state index contributed by atoms with van der Waals surface area (Å²) in [5, 5.41) is 0. The van der Waals surface area contributed by atoms with E-state index in [-0.39, 0.29) is 18.8 Å². The van der Waals surface area contributed by atoms with Gasteiger partial charge in [0, 0.05) is 0 Å². The summed E-state index contributed by atoms with van der Waals surface area (Å²) in [6, 6.07) is 8.81. The predicted octanol–water partition coefficient (Wildman–Crippen LogP) is 2.89. The molecule has 2 aromatic rings. The zero-order valence-corrected chi connectivity index (χ0v) is 12.6. The molecule has 0 aliphatic rings. The zero-order valence-electron chi connectivity index (χ0n) is 12.6. The monoisotopic (exact) mass is 302 g/mol. The Labute approximate surface area is 128 Å². The van der Waals surface area contributed by atoms with Crippen molar-refractivity contribution in [1.82, 2.24) is 0 Å². The number of ketones is 1. The van der Waals surface area contributed by atoms with E-state index >= 15 is 0 Å². The number of esters is 1. The maximum absolute atomic E-state index is 12.5. The van der Waals surface area contributed by atoms with Crippen molar-refractivity contribution in [3.05, 3.63) is 54.0 Å². The Hall–Kier alpha value is -2.56. The van der Waals surface area contributed by atoms with E-state index in [2.05, 4.69) is 0 Å². The summed E-state index contributed by atoms with van der Waals surface area (Å²) in [5.74, 6) is -1.06. The fourth-order valence-electron chi connectivity index (χ4n) is 2.17. The summed E-state index contributed by atoms with van der Waals surface area (Å²) < 4.78 is 15.1. The molecule has 0 spiro atoms. The molecule has 22 heavy (non-hydrogen) atoms. The van der Waals surface area contributed by atoms with Crippen LogP contribution >= 0.6 is 0 Å². The molecule has 5 nitrogen and oxygen atoms in total. The number of carbonyl (C=O) groups is 2. The van der Waals surface area contributed by atoms with Gasteiger partial charge < -0.3 is 13.9 Å². The lowest BCUT2D eigenvalue weighted by atomic mass is 9.92. The zero-order chi connectivity index (χ0) is 15.9. The first-order valence-corrected chi connectivity index (χ1v) is 7.01. The molecule has 1 aromatic heterocycles. The lowest BCUT2D eigenvalue weighted by Crippen LogP contribution is -2.28. The molecule has 0 saturated carbocycles. The van der Waals surface area contributed by atoms with Crippen molar-refractivity contribution in [3.8, 4) is 5.75 Å². The summed E-state index contributed by atoms with van der Waals surface area (Å²) in [5.41, 5.74) is 1.19. The van der Waals surface area contributed by atoms with Crippen molar-refractivity contribution < 1.29 is 23.5 Å². The molecule has 0 bridgehead atoms. The molecule has 0 saturated heterocycles. The maximum atomic E-state index is 12.5. The second-order valence-electron chi connectivity index (χ2n) is 4.74. The highest BCUT2D eigenvalue weighted by Gasteiger charge is 2.29. The van der Waals surface area contributed by atoms with E-state index in [1.807, 2.05) is 12.1 Å². The van der Waals surface area contributed by atoms with Crippen molar-refractivity contribution in [2.45, 2.75) is 13.3 Å². The topological polar surface area (TPSA) is 65.7 Å². The first-order chi connectivity index (χ1) is 10.7. The standard InChI is InChI=1S/C17H18O5/c1-3-22-17(19)15(16(18)13-7-8-21-11-13)10-12-5-4-6-14(9-12)20-2/h4-9,11,15H,3,10H2,1-2H3. The molecular formula is C17H18O5. The summed E-state index contributed by atoms with van der Waals surface area (Å²) in [6.45, 7) is 1.94. The third-order valence-electron chi connectivity index (χ3n) is 3.27. The van der Waals surface area contributed by atoms with Crippen LogP contribution in [0.1, 0.15) is 22.8 Å². The van der Waals surface area contributed by atoms with Crippen LogP contribution in [0.4, 0.5) is 0 Å². The lowest BCUT2D eigenvalue weighted by molar-refractivity contribution is -0.146. The van der Waals surface area contributed by atoms with Gasteiger partial charge in [-0.05, 0) is 37.1 Å². The maximum Gasteiger partial charge on any atom is 0.317 e. The fourth-order valence-corrected chi connectivity index (χ4v) is 2.17. The van der Waals surface area contributed by atoms with Gasteiger partial charge in [-0.1, -0.05) is 12.1 Å². The Morgan fingerprint density at radius 2 is 2.09 bits per heavy atom. The smallest absolute Gasteiger partial charge is 0.317 e. The third-order valence-corrected chi connectivity index (χ3v) is 3.27. The minimum Gasteiger partial charge on any atom is -0.497 e. The SMILES string of the molecule is CCOC(=O)C(Cc1cccc(OC)c1)C(=O)c1ccoc1. The quantitative estimate of drug-likeness (QED) is 0.447. The van der Waals surface area contributed by atoms with Gasteiger partial charge in [-0.25, -0.2) is 0 Å². The van der Waals surface area contributed by atoms with Gasteiger partial charge in [-0.15, -0.1) is 0 Å². The second-order valence-corrected chi connectivity index (χ2v) is 4.74. The van der Waals surface area contributed by atoms with E-state index in [4.69, 9.17) is 13.9 Å². The van der Waals surface area contributed by atoms with Crippen LogP contribution in [-0.2, 0) is 16.0 Å². The van der Waals surface area contributed by atoms with Gasteiger partial charge in [0.25, 0.3) is 0 Å². The van der Waals surface area contributed by atoms with Gasteiger partial charge >= 0.3 is 5.97 Å². The van der Waals surface area contributed by atoms with Crippen LogP contribution in [0.3, 0.4) is 0 Å². The number of carbonyl (C=O) groups excluding carboxylic acids is 2. The Morgan fingerprint density at radius 3 is 2.73 bits per heavy atom. The van der Waals surface area contributed by atoms with E-state index in [9.17, 15) is 9.59 Å². The van der Waals surface area contributed by atoms with E-state index < -0.39 is 11.9 Å². The average molecular weight is 302 g/mol. The number of rotatable bonds is 7. The largest absolute Gasteiger partial charge is 0.497 e. The van der Waals surface area contributed by atoms with E-state index in [1.54, 1.807) is 32.2 Å². The van der Waals surface area contributed by atoms with Crippen molar-refractivity contribution in [2.75, 3.05) is 13.7 Å². The predicted molar refractivity (Wildman–Crippen MR) is 79.9 cm³/mol. The van der Waals surface area contributed by atoms with Crippen LogP contribution in [0, 0.1) is 5.92 Å². The molecule has 1 unspecified atom stereocenters. The van der Waals surface area contributed by atoms with Gasteiger partial charge in [-0.3, -0.25) is 9.59 Å². The van der Waals surface area contributed by atoms with Crippen LogP contribution in [0.15, 0.2) is 47.3 Å². The van der Waals surface area contributed by atoms with Gasteiger partial charge in [0.1, 0.15) is 17.9 Å². The Morgan fingerprint density at radius 1 is 1.27 bits per heavy atom. The summed E-state index contributed by atoms with van der Waals surface area (Å²) in [6.07, 6.45) is 2.99. The molecular weight excluding hydrogens is 284 g/mol. The minimum absolute atomic E-state index is 0.228. The van der Waals surface area contributed by atoms with Crippen LogP contribution < -0.4 is 4.74 Å². The third kappa shape index (κ3) is 3.75. The van der Waals surface area contributed by atoms with E-state index in [0.717, 1.165) is 5.56 Å². The highest BCUT2D eigenvalue weighted by Crippen LogP contribution is 2.20.